The van der Waals surface area contributed by atoms with E-state index < -0.39 is 11.8 Å². The van der Waals surface area contributed by atoms with E-state index in [1.807, 2.05) is 0 Å². The van der Waals surface area contributed by atoms with Crippen LogP contribution in [0, 0.1) is 5.82 Å². The fourth-order valence-electron chi connectivity index (χ4n) is 1.92. The first-order valence-electron chi connectivity index (χ1n) is 6.44. The van der Waals surface area contributed by atoms with Crippen LogP contribution in [-0.2, 0) is 9.53 Å². The number of halogens is 2. The maximum atomic E-state index is 13.0. The number of esters is 1. The smallest absolute Gasteiger partial charge is 0.325 e. The summed E-state index contributed by atoms with van der Waals surface area (Å²) < 4.78 is 17.9. The van der Waals surface area contributed by atoms with E-state index in [9.17, 15) is 14.0 Å². The van der Waals surface area contributed by atoms with Crippen molar-refractivity contribution < 1.29 is 18.7 Å². The number of ether oxygens (including phenoxy) is 1. The SMILES string of the molecule is CCOC(=O)CN(C(=O)c1ccc(F)cc1Cl)C1CC1. The number of nitrogens with zero attached hydrogens (tertiary/aromatic N) is 1. The lowest BCUT2D eigenvalue weighted by molar-refractivity contribution is -0.144. The summed E-state index contributed by atoms with van der Waals surface area (Å²) in [6, 6.07) is 3.63. The van der Waals surface area contributed by atoms with E-state index in [0.717, 1.165) is 18.9 Å². The molecule has 6 heteroatoms. The van der Waals surface area contributed by atoms with E-state index in [1.165, 1.54) is 17.0 Å². The largest absolute Gasteiger partial charge is 0.465 e. The summed E-state index contributed by atoms with van der Waals surface area (Å²) in [7, 11) is 0. The summed E-state index contributed by atoms with van der Waals surface area (Å²) in [6.07, 6.45) is 1.70. The van der Waals surface area contributed by atoms with Crippen LogP contribution in [0.1, 0.15) is 30.1 Å². The minimum Gasteiger partial charge on any atom is -0.465 e. The van der Waals surface area contributed by atoms with E-state index >= 15 is 0 Å². The zero-order chi connectivity index (χ0) is 14.7. The van der Waals surface area contributed by atoms with Crippen molar-refractivity contribution in [2.45, 2.75) is 25.8 Å². The molecule has 0 N–H and O–H groups in total. The predicted octanol–water partition coefficient (Wildman–Crippen LogP) is 2.65. The van der Waals surface area contributed by atoms with Gasteiger partial charge in [-0.15, -0.1) is 0 Å². The molecule has 0 bridgehead atoms. The van der Waals surface area contributed by atoms with Crippen LogP contribution in [-0.4, -0.2) is 36.0 Å². The lowest BCUT2D eigenvalue weighted by Gasteiger charge is -2.21. The van der Waals surface area contributed by atoms with Gasteiger partial charge in [0.25, 0.3) is 5.91 Å². The van der Waals surface area contributed by atoms with E-state index in [0.29, 0.717) is 0 Å². The molecule has 1 fully saturated rings. The molecule has 2 rings (SSSR count). The Morgan fingerprint density at radius 3 is 2.70 bits per heavy atom. The lowest BCUT2D eigenvalue weighted by Crippen LogP contribution is -2.38. The molecule has 1 saturated carbocycles. The van der Waals surface area contributed by atoms with Crippen molar-refractivity contribution in [1.29, 1.82) is 0 Å². The Labute approximate surface area is 121 Å². The van der Waals surface area contributed by atoms with Crippen LogP contribution in [0.2, 0.25) is 5.02 Å². The zero-order valence-corrected chi connectivity index (χ0v) is 11.8. The maximum absolute atomic E-state index is 13.0. The van der Waals surface area contributed by atoms with Gasteiger partial charge in [-0.1, -0.05) is 11.6 Å². The molecule has 1 amide bonds. The van der Waals surface area contributed by atoms with Gasteiger partial charge in [0, 0.05) is 6.04 Å². The van der Waals surface area contributed by atoms with Gasteiger partial charge in [0.05, 0.1) is 17.2 Å². The summed E-state index contributed by atoms with van der Waals surface area (Å²) in [4.78, 5) is 25.4. The molecule has 0 heterocycles. The molecule has 4 nitrogen and oxygen atoms in total. The van der Waals surface area contributed by atoms with Gasteiger partial charge < -0.3 is 9.64 Å². The molecule has 1 aromatic carbocycles. The number of benzene rings is 1. The van der Waals surface area contributed by atoms with Crippen LogP contribution >= 0.6 is 11.6 Å². The monoisotopic (exact) mass is 299 g/mol. The van der Waals surface area contributed by atoms with Gasteiger partial charge in [-0.2, -0.15) is 0 Å². The fraction of sp³-hybridized carbons (Fsp3) is 0.429. The molecule has 0 aromatic heterocycles. The van der Waals surface area contributed by atoms with Crippen molar-refractivity contribution in [2.24, 2.45) is 0 Å². The molecular weight excluding hydrogens is 285 g/mol. The van der Waals surface area contributed by atoms with E-state index in [2.05, 4.69) is 0 Å². The summed E-state index contributed by atoms with van der Waals surface area (Å²) in [5, 5.41) is 0.0458. The lowest BCUT2D eigenvalue weighted by atomic mass is 10.2. The van der Waals surface area contributed by atoms with E-state index in [4.69, 9.17) is 16.3 Å². The van der Waals surface area contributed by atoms with Crippen LogP contribution in [0.5, 0.6) is 0 Å². The number of hydrogen-bond acceptors (Lipinski definition) is 3. The highest BCUT2D eigenvalue weighted by atomic mass is 35.5. The predicted molar refractivity (Wildman–Crippen MR) is 72.1 cm³/mol. The molecule has 1 aromatic rings. The Hall–Kier alpha value is -1.62. The fourth-order valence-corrected chi connectivity index (χ4v) is 2.16. The van der Waals surface area contributed by atoms with Crippen molar-refractivity contribution in [3.8, 4) is 0 Å². The number of hydrogen-bond donors (Lipinski definition) is 0. The maximum Gasteiger partial charge on any atom is 0.325 e. The second-order valence-corrected chi connectivity index (χ2v) is 5.00. The molecular formula is C14H15ClFNO3. The molecule has 1 aliphatic carbocycles. The molecule has 108 valence electrons. The zero-order valence-electron chi connectivity index (χ0n) is 11.1. The normalized spacial score (nSPS) is 13.9. The van der Waals surface area contributed by atoms with Crippen LogP contribution < -0.4 is 0 Å². The van der Waals surface area contributed by atoms with Crippen molar-refractivity contribution in [1.82, 2.24) is 4.90 Å². The summed E-state index contributed by atoms with van der Waals surface area (Å²) in [5.74, 6) is -1.33. The first-order valence-corrected chi connectivity index (χ1v) is 6.82. The Bertz CT molecular complexity index is 531. The molecule has 0 aliphatic heterocycles. The number of amides is 1. The standard InChI is InChI=1S/C14H15ClFNO3/c1-2-20-13(18)8-17(10-4-5-10)14(19)11-6-3-9(16)7-12(11)15/h3,6-7,10H,2,4-5,8H2,1H3. The third-order valence-corrected chi connectivity index (χ3v) is 3.33. The van der Waals surface area contributed by atoms with Gasteiger partial charge in [0.15, 0.2) is 0 Å². The second kappa shape index (κ2) is 6.22. The first-order chi connectivity index (χ1) is 9.52. The molecule has 1 aliphatic rings. The second-order valence-electron chi connectivity index (χ2n) is 4.59. The molecule has 0 spiro atoms. The van der Waals surface area contributed by atoms with Crippen molar-refractivity contribution in [3.05, 3.63) is 34.6 Å². The molecule has 0 radical (unpaired) electrons. The Morgan fingerprint density at radius 2 is 2.15 bits per heavy atom. The van der Waals surface area contributed by atoms with Gasteiger partial charge in [-0.05, 0) is 38.0 Å². The summed E-state index contributed by atoms with van der Waals surface area (Å²) in [5.41, 5.74) is 0.198. The van der Waals surface area contributed by atoms with E-state index in [1.54, 1.807) is 6.92 Å². The highest BCUT2D eigenvalue weighted by Gasteiger charge is 2.35. The van der Waals surface area contributed by atoms with Crippen LogP contribution in [0.25, 0.3) is 0 Å². The minimum atomic E-state index is -0.505. The third kappa shape index (κ3) is 3.48. The minimum absolute atomic E-state index is 0.0352. The molecule has 0 atom stereocenters. The molecule has 0 saturated heterocycles. The Kier molecular flexibility index (Phi) is 4.60. The van der Waals surface area contributed by atoms with Crippen molar-refractivity contribution in [3.63, 3.8) is 0 Å². The highest BCUT2D eigenvalue weighted by molar-refractivity contribution is 6.33. The average Bonchev–Trinajstić information content (AvgIpc) is 3.20. The number of carbonyl (C=O) groups excluding carboxylic acids is 2. The van der Waals surface area contributed by atoms with Gasteiger partial charge >= 0.3 is 5.97 Å². The van der Waals surface area contributed by atoms with Gasteiger partial charge in [0.1, 0.15) is 12.4 Å². The highest BCUT2D eigenvalue weighted by Crippen LogP contribution is 2.29. The van der Waals surface area contributed by atoms with Crippen molar-refractivity contribution in [2.75, 3.05) is 13.2 Å². The molecule has 0 unspecified atom stereocenters. The van der Waals surface area contributed by atoms with Crippen LogP contribution in [0.3, 0.4) is 0 Å². The van der Waals surface area contributed by atoms with Gasteiger partial charge in [0.2, 0.25) is 0 Å². The summed E-state index contributed by atoms with van der Waals surface area (Å²) in [6.45, 7) is 1.87. The Morgan fingerprint density at radius 1 is 1.45 bits per heavy atom. The quantitative estimate of drug-likeness (QED) is 0.785. The first kappa shape index (κ1) is 14.8. The van der Waals surface area contributed by atoms with Gasteiger partial charge in [-0.3, -0.25) is 9.59 Å². The Balaban J connectivity index is 2.16. The summed E-state index contributed by atoms with van der Waals surface area (Å²) >= 11 is 5.89. The number of carbonyl (C=O) groups is 2. The van der Waals surface area contributed by atoms with Crippen molar-refractivity contribution >= 4 is 23.5 Å². The van der Waals surface area contributed by atoms with Crippen LogP contribution in [0.15, 0.2) is 18.2 Å². The van der Waals surface area contributed by atoms with Gasteiger partial charge in [-0.25, -0.2) is 4.39 Å². The topological polar surface area (TPSA) is 46.6 Å². The average molecular weight is 300 g/mol. The van der Waals surface area contributed by atoms with E-state index in [-0.39, 0.29) is 35.7 Å². The third-order valence-electron chi connectivity index (χ3n) is 3.01. The molecule has 20 heavy (non-hydrogen) atoms. The van der Waals surface area contributed by atoms with Crippen LogP contribution in [0.4, 0.5) is 4.39 Å². The number of rotatable bonds is 5.